The number of carbonyl (C=O) groups is 2. The van der Waals surface area contributed by atoms with E-state index in [-0.39, 0.29) is 45.7 Å². The summed E-state index contributed by atoms with van der Waals surface area (Å²) in [6.07, 6.45) is -0.849. The molecule has 0 saturated carbocycles. The van der Waals surface area contributed by atoms with Gasteiger partial charge in [-0.25, -0.2) is 9.59 Å². The topological polar surface area (TPSA) is 232 Å². The van der Waals surface area contributed by atoms with E-state index in [0.717, 1.165) is 30.3 Å². The van der Waals surface area contributed by atoms with Crippen LogP contribution < -0.4 is 10.2 Å². The molecule has 4 aromatic rings. The Hall–Kier alpha value is -6.11. The lowest BCUT2D eigenvalue weighted by Crippen LogP contribution is -2.34. The summed E-state index contributed by atoms with van der Waals surface area (Å²) >= 11 is 0. The van der Waals surface area contributed by atoms with Crippen LogP contribution in [0.1, 0.15) is 33.2 Å². The average Bonchev–Trinajstić information content (AvgIpc) is 3.07. The zero-order chi connectivity index (χ0) is 31.2. The van der Waals surface area contributed by atoms with Crippen LogP contribution in [-0.2, 0) is 16.0 Å². The van der Waals surface area contributed by atoms with Crippen LogP contribution >= 0.6 is 0 Å². The molecule has 0 unspecified atom stereocenters. The molecule has 5 rings (SSSR count). The molecule has 0 fully saturated rings. The molecule has 13 nitrogen and oxygen atoms in total. The highest BCUT2D eigenvalue weighted by molar-refractivity contribution is 6.04. The van der Waals surface area contributed by atoms with Crippen LogP contribution in [0.5, 0.6) is 46.0 Å². The van der Waals surface area contributed by atoms with E-state index in [4.69, 9.17) is 14.6 Å². The van der Waals surface area contributed by atoms with Gasteiger partial charge in [0, 0.05) is 41.8 Å². The number of rotatable bonds is 5. The van der Waals surface area contributed by atoms with Crippen LogP contribution in [0.2, 0.25) is 0 Å². The maximum absolute atomic E-state index is 13.5. The summed E-state index contributed by atoms with van der Waals surface area (Å²) in [5, 5.41) is 79.6. The molecule has 1 aliphatic rings. The molecule has 0 radical (unpaired) electrons. The van der Waals surface area contributed by atoms with Crippen molar-refractivity contribution in [1.29, 1.82) is 0 Å². The van der Waals surface area contributed by atoms with Crippen molar-refractivity contribution in [3.05, 3.63) is 87.1 Å². The van der Waals surface area contributed by atoms with E-state index in [2.05, 4.69) is 0 Å². The third kappa shape index (κ3) is 5.34. The lowest BCUT2D eigenvalue weighted by atomic mass is 9.93. The number of fused-ring (bicyclic) bond motifs is 2. The number of carboxylic acids is 1. The maximum atomic E-state index is 13.5. The summed E-state index contributed by atoms with van der Waals surface area (Å²) in [7, 11) is 0. The van der Waals surface area contributed by atoms with Crippen molar-refractivity contribution in [2.24, 2.45) is 0 Å². The van der Waals surface area contributed by atoms with Crippen molar-refractivity contribution in [2.45, 2.75) is 18.6 Å². The van der Waals surface area contributed by atoms with Gasteiger partial charge in [0.15, 0.2) is 34.9 Å². The van der Waals surface area contributed by atoms with Crippen LogP contribution in [-0.4, -0.2) is 58.9 Å². The Kier molecular flexibility index (Phi) is 7.07. The SMILES string of the molecule is O=C(O)/C=C/c1cc(O)c(O)c2c(O)c(=O)cc(C(=O)O[C@@H]3Cc4c(O)cc(O)cc4O[C@@H]3c3ccc(O)c(O)c3)cc12. The minimum atomic E-state index is -1.37. The molecular formula is C30H22O13. The number of carboxylic acid groups (broad SMARTS) is 1. The van der Waals surface area contributed by atoms with Crippen molar-refractivity contribution in [3.8, 4) is 46.0 Å². The Morgan fingerprint density at radius 3 is 2.28 bits per heavy atom. The maximum Gasteiger partial charge on any atom is 0.338 e. The average molecular weight is 590 g/mol. The van der Waals surface area contributed by atoms with Gasteiger partial charge in [-0.05, 0) is 41.3 Å². The zero-order valence-corrected chi connectivity index (χ0v) is 21.8. The third-order valence-corrected chi connectivity index (χ3v) is 6.80. The standard InChI is InChI=1S/C30H22O13/c31-15-9-19(33)17-11-24(29(42-23(17)10-15)13-1-3-18(32)20(34)7-13)43-30(41)14-5-16-12(2-4-25(37)38)6-21(35)27(39)26(16)28(40)22(36)8-14/h1-10,24,29,31-35,39H,11H2,(H,36,40)(H,37,38)/b4-2+/t24-,29-/m1/s1. The quantitative estimate of drug-likeness (QED) is 0.0949. The van der Waals surface area contributed by atoms with Gasteiger partial charge >= 0.3 is 11.9 Å². The molecule has 1 aliphatic heterocycles. The van der Waals surface area contributed by atoms with Gasteiger partial charge in [-0.1, -0.05) is 6.07 Å². The van der Waals surface area contributed by atoms with Crippen molar-refractivity contribution in [1.82, 2.24) is 0 Å². The normalized spacial score (nSPS) is 16.0. The first kappa shape index (κ1) is 28.4. The number of phenolic OH excluding ortho intramolecular Hbond substituents is 6. The van der Waals surface area contributed by atoms with Crippen LogP contribution in [0.3, 0.4) is 0 Å². The van der Waals surface area contributed by atoms with E-state index >= 15 is 0 Å². The lowest BCUT2D eigenvalue weighted by molar-refractivity contribution is -0.131. The number of phenols is 6. The number of benzene rings is 3. The van der Waals surface area contributed by atoms with Crippen molar-refractivity contribution < 1.29 is 59.9 Å². The summed E-state index contributed by atoms with van der Waals surface area (Å²) in [4.78, 5) is 37.4. The number of hydrogen-bond donors (Lipinski definition) is 8. The fourth-order valence-electron chi connectivity index (χ4n) is 4.79. The number of carbonyl (C=O) groups excluding carboxylic acids is 1. The Morgan fingerprint density at radius 2 is 1.58 bits per heavy atom. The first-order valence-electron chi connectivity index (χ1n) is 12.5. The number of aliphatic carboxylic acids is 1. The third-order valence-electron chi connectivity index (χ3n) is 6.80. The second kappa shape index (κ2) is 10.7. The summed E-state index contributed by atoms with van der Waals surface area (Å²) in [6, 6.07) is 8.73. The fourth-order valence-corrected chi connectivity index (χ4v) is 4.79. The molecule has 0 aliphatic carbocycles. The minimum Gasteiger partial charge on any atom is -0.508 e. The van der Waals surface area contributed by atoms with Gasteiger partial charge in [-0.15, -0.1) is 0 Å². The van der Waals surface area contributed by atoms with Gasteiger partial charge in [-0.3, -0.25) is 4.79 Å². The smallest absolute Gasteiger partial charge is 0.338 e. The van der Waals surface area contributed by atoms with Gasteiger partial charge in [0.1, 0.15) is 23.4 Å². The Labute approximate surface area is 240 Å². The minimum absolute atomic E-state index is 0.0522. The van der Waals surface area contributed by atoms with E-state index in [9.17, 15) is 50.1 Å². The van der Waals surface area contributed by atoms with E-state index in [1.54, 1.807) is 0 Å². The Bertz CT molecular complexity index is 1910. The van der Waals surface area contributed by atoms with Crippen LogP contribution in [0.15, 0.2) is 59.4 Å². The van der Waals surface area contributed by atoms with Gasteiger partial charge in [0.25, 0.3) is 0 Å². The Morgan fingerprint density at radius 1 is 0.837 bits per heavy atom. The second-order valence-electron chi connectivity index (χ2n) is 9.63. The molecular weight excluding hydrogens is 568 g/mol. The van der Waals surface area contributed by atoms with E-state index in [1.165, 1.54) is 18.2 Å². The van der Waals surface area contributed by atoms with Crippen LogP contribution in [0.25, 0.3) is 16.8 Å². The van der Waals surface area contributed by atoms with E-state index in [1.807, 2.05) is 0 Å². The highest BCUT2D eigenvalue weighted by Gasteiger charge is 2.37. The molecule has 0 saturated heterocycles. The van der Waals surface area contributed by atoms with Crippen LogP contribution in [0, 0.1) is 0 Å². The predicted molar refractivity (Wildman–Crippen MR) is 148 cm³/mol. The molecule has 43 heavy (non-hydrogen) atoms. The van der Waals surface area contributed by atoms with E-state index in [0.29, 0.717) is 12.1 Å². The molecule has 4 aromatic carbocycles. The number of hydrogen-bond acceptors (Lipinski definition) is 12. The Balaban J connectivity index is 1.63. The molecule has 0 bridgehead atoms. The summed E-state index contributed by atoms with van der Waals surface area (Å²) in [6.45, 7) is 0. The molecule has 0 amide bonds. The molecule has 8 N–H and O–H groups in total. The molecule has 0 spiro atoms. The molecule has 13 heteroatoms. The highest BCUT2D eigenvalue weighted by atomic mass is 16.6. The molecule has 2 atom stereocenters. The number of esters is 1. The van der Waals surface area contributed by atoms with E-state index < -0.39 is 69.3 Å². The lowest BCUT2D eigenvalue weighted by Gasteiger charge is -2.34. The van der Waals surface area contributed by atoms with Crippen molar-refractivity contribution >= 4 is 28.8 Å². The van der Waals surface area contributed by atoms with Gasteiger partial charge in [-0.2, -0.15) is 0 Å². The van der Waals surface area contributed by atoms with Crippen LogP contribution in [0.4, 0.5) is 0 Å². The van der Waals surface area contributed by atoms with Crippen molar-refractivity contribution in [3.63, 3.8) is 0 Å². The summed E-state index contributed by atoms with van der Waals surface area (Å²) in [5.74, 6) is -6.77. The molecule has 1 heterocycles. The monoisotopic (exact) mass is 590 g/mol. The molecule has 0 aromatic heterocycles. The highest BCUT2D eigenvalue weighted by Crippen LogP contribution is 2.44. The first-order chi connectivity index (χ1) is 20.3. The van der Waals surface area contributed by atoms with Crippen molar-refractivity contribution in [2.75, 3.05) is 0 Å². The van der Waals surface area contributed by atoms with Gasteiger partial charge in [0.05, 0.1) is 10.9 Å². The van der Waals surface area contributed by atoms with Gasteiger partial charge in [0.2, 0.25) is 5.43 Å². The molecule has 220 valence electrons. The predicted octanol–water partition coefficient (Wildman–Crippen LogP) is 3.14. The fraction of sp³-hybridized carbons (Fsp3) is 0.100. The number of ether oxygens (including phenoxy) is 2. The second-order valence-corrected chi connectivity index (χ2v) is 9.63. The zero-order valence-electron chi connectivity index (χ0n) is 21.8. The summed E-state index contributed by atoms with van der Waals surface area (Å²) in [5.41, 5.74) is -1.27. The first-order valence-corrected chi connectivity index (χ1v) is 12.5. The van der Waals surface area contributed by atoms with Gasteiger partial charge < -0.3 is 50.3 Å². The largest absolute Gasteiger partial charge is 0.508 e. The number of aromatic hydroxyl groups is 7. The summed E-state index contributed by atoms with van der Waals surface area (Å²) < 4.78 is 11.6.